The lowest BCUT2D eigenvalue weighted by Crippen LogP contribution is -2.60. The molecule has 14 heteroatoms. The molecule has 1 aliphatic heterocycles. The largest absolute Gasteiger partial charge is 0.497 e. The van der Waals surface area contributed by atoms with Crippen molar-refractivity contribution in [1.82, 2.24) is 14.0 Å². The molecular weight excluding hydrogens is 476 g/mol. The molecule has 178 valence electrons. The molecule has 0 aromatic heterocycles. The van der Waals surface area contributed by atoms with Crippen molar-refractivity contribution in [2.45, 2.75) is 15.8 Å². The Labute approximate surface area is 191 Å². The maximum absolute atomic E-state index is 13.2. The number of carbonyl (C=O) groups is 1. The van der Waals surface area contributed by atoms with Gasteiger partial charge in [0.05, 0.1) is 29.3 Å². The Kier molecular flexibility index (Phi) is 7.31. The molecular formula is C19H22N4O8S2. The van der Waals surface area contributed by atoms with Crippen LogP contribution in [-0.2, 0) is 24.8 Å². The number of ether oxygens (including phenoxy) is 2. The highest BCUT2D eigenvalue weighted by atomic mass is 32.2. The number of nitrogens with zero attached hydrogens (tertiary/aromatic N) is 3. The number of methoxy groups -OCH3 is 2. The van der Waals surface area contributed by atoms with Crippen LogP contribution in [0, 0.1) is 4.91 Å². The van der Waals surface area contributed by atoms with Crippen molar-refractivity contribution in [2.75, 3.05) is 33.9 Å². The number of benzene rings is 2. The number of piperazine rings is 1. The number of nitroso groups, excluding NO2 is 1. The molecule has 0 saturated carbocycles. The molecule has 1 amide bonds. The van der Waals surface area contributed by atoms with Gasteiger partial charge in [0.2, 0.25) is 20.0 Å². The molecule has 2 aromatic rings. The average molecular weight is 499 g/mol. The molecule has 0 aliphatic carbocycles. The lowest BCUT2D eigenvalue weighted by Gasteiger charge is -2.38. The maximum Gasteiger partial charge on any atom is 0.262 e. The highest BCUT2D eigenvalue weighted by Gasteiger charge is 2.43. The van der Waals surface area contributed by atoms with Crippen LogP contribution in [0.4, 0.5) is 0 Å². The van der Waals surface area contributed by atoms with E-state index in [0.717, 1.165) is 8.61 Å². The normalized spacial score (nSPS) is 17.8. The highest BCUT2D eigenvalue weighted by molar-refractivity contribution is 7.89. The van der Waals surface area contributed by atoms with Crippen molar-refractivity contribution in [1.29, 1.82) is 0 Å². The summed E-state index contributed by atoms with van der Waals surface area (Å²) >= 11 is 0. The first-order chi connectivity index (χ1) is 15.6. The number of amides is 1. The number of hydrogen-bond acceptors (Lipinski definition) is 9. The van der Waals surface area contributed by atoms with Gasteiger partial charge in [-0.25, -0.2) is 22.3 Å². The number of rotatable bonds is 8. The van der Waals surface area contributed by atoms with Gasteiger partial charge in [-0.3, -0.25) is 4.79 Å². The van der Waals surface area contributed by atoms with Crippen molar-refractivity contribution >= 4 is 26.0 Å². The highest BCUT2D eigenvalue weighted by Crippen LogP contribution is 2.27. The van der Waals surface area contributed by atoms with Gasteiger partial charge in [0.1, 0.15) is 17.5 Å². The van der Waals surface area contributed by atoms with E-state index in [1.54, 1.807) is 5.43 Å². The first-order valence-corrected chi connectivity index (χ1v) is 12.5. The maximum atomic E-state index is 13.2. The van der Waals surface area contributed by atoms with Crippen LogP contribution in [0.25, 0.3) is 0 Å². The van der Waals surface area contributed by atoms with Crippen molar-refractivity contribution in [2.24, 2.45) is 5.29 Å². The summed E-state index contributed by atoms with van der Waals surface area (Å²) in [5.41, 5.74) is 1.68. The first kappa shape index (κ1) is 24.6. The zero-order valence-corrected chi connectivity index (χ0v) is 19.4. The minimum absolute atomic E-state index is 0.0533. The van der Waals surface area contributed by atoms with E-state index in [4.69, 9.17) is 9.47 Å². The van der Waals surface area contributed by atoms with Crippen LogP contribution in [0.5, 0.6) is 11.5 Å². The fourth-order valence-electron chi connectivity index (χ4n) is 3.36. The molecule has 1 fully saturated rings. The van der Waals surface area contributed by atoms with Crippen LogP contribution in [0.1, 0.15) is 0 Å². The van der Waals surface area contributed by atoms with E-state index < -0.39 is 38.5 Å². The standard InChI is InChI=1S/C19H22N4O8S2/c1-30-14-3-7-16(8-4-14)32(26,27)22-11-12-23(18(13-22)19(24)20-21-25)33(28,29)17-9-5-15(31-2)6-10-17/h3-10,18H,11-13H2,1-2H3,(H,20,24,25). The number of carbonyl (C=O) groups excluding carboxylic acids is 1. The van der Waals surface area contributed by atoms with E-state index in [1.807, 2.05) is 0 Å². The van der Waals surface area contributed by atoms with Gasteiger partial charge in [-0.05, 0) is 48.5 Å². The SMILES string of the molecule is COc1ccc(S(=O)(=O)N2CCN(S(=O)(=O)c3ccc(OC)cc3)C(C(=O)NN=O)C2)cc1. The Bertz CT molecular complexity index is 1220. The molecule has 2 aromatic carbocycles. The molecule has 1 atom stereocenters. The molecule has 1 aliphatic rings. The van der Waals surface area contributed by atoms with E-state index in [1.165, 1.54) is 62.8 Å². The lowest BCUT2D eigenvalue weighted by atomic mass is 10.2. The van der Waals surface area contributed by atoms with Crippen LogP contribution in [0.15, 0.2) is 63.6 Å². The quantitative estimate of drug-likeness (QED) is 0.410. The minimum Gasteiger partial charge on any atom is -0.497 e. The van der Waals surface area contributed by atoms with Crippen LogP contribution >= 0.6 is 0 Å². The Morgan fingerprint density at radius 2 is 1.36 bits per heavy atom. The Morgan fingerprint density at radius 1 is 0.879 bits per heavy atom. The monoisotopic (exact) mass is 498 g/mol. The summed E-state index contributed by atoms with van der Waals surface area (Å²) in [6, 6.07) is 9.61. The predicted molar refractivity (Wildman–Crippen MR) is 116 cm³/mol. The second kappa shape index (κ2) is 9.82. The van der Waals surface area contributed by atoms with Gasteiger partial charge >= 0.3 is 0 Å². The zero-order chi connectivity index (χ0) is 24.2. The van der Waals surface area contributed by atoms with Crippen molar-refractivity contribution < 1.29 is 31.1 Å². The molecule has 1 saturated heterocycles. The Balaban J connectivity index is 1.93. The molecule has 1 unspecified atom stereocenters. The van der Waals surface area contributed by atoms with Gasteiger partial charge in [-0.2, -0.15) is 8.61 Å². The molecule has 1 heterocycles. The van der Waals surface area contributed by atoms with Crippen molar-refractivity contribution in [3.05, 3.63) is 53.4 Å². The van der Waals surface area contributed by atoms with Crippen LogP contribution in [0.2, 0.25) is 0 Å². The van der Waals surface area contributed by atoms with Gasteiger partial charge in [-0.1, -0.05) is 0 Å². The molecule has 1 N–H and O–H groups in total. The molecule has 12 nitrogen and oxygen atoms in total. The van der Waals surface area contributed by atoms with E-state index in [-0.39, 0.29) is 22.9 Å². The topological polar surface area (TPSA) is 152 Å². The summed E-state index contributed by atoms with van der Waals surface area (Å²) in [5, 5.41) is 2.32. The smallest absolute Gasteiger partial charge is 0.262 e. The third-order valence-electron chi connectivity index (χ3n) is 5.12. The van der Waals surface area contributed by atoms with Gasteiger partial charge in [0, 0.05) is 19.6 Å². The van der Waals surface area contributed by atoms with Crippen LogP contribution < -0.4 is 14.9 Å². The lowest BCUT2D eigenvalue weighted by molar-refractivity contribution is -0.125. The molecule has 33 heavy (non-hydrogen) atoms. The summed E-state index contributed by atoms with van der Waals surface area (Å²) in [4.78, 5) is 22.9. The second-order valence-electron chi connectivity index (χ2n) is 6.91. The third-order valence-corrected chi connectivity index (χ3v) is 8.92. The van der Waals surface area contributed by atoms with Gasteiger partial charge in [-0.15, -0.1) is 4.91 Å². The fraction of sp³-hybridized carbons (Fsp3) is 0.316. The predicted octanol–water partition coefficient (Wildman–Crippen LogP) is 0.565. The Morgan fingerprint density at radius 3 is 1.82 bits per heavy atom. The summed E-state index contributed by atoms with van der Waals surface area (Å²) < 4.78 is 64.5. The minimum atomic E-state index is -4.21. The van der Waals surface area contributed by atoms with Crippen LogP contribution in [0.3, 0.4) is 0 Å². The number of hydrogen-bond donors (Lipinski definition) is 1. The molecule has 0 radical (unpaired) electrons. The third kappa shape index (κ3) is 4.98. The second-order valence-corrected chi connectivity index (χ2v) is 10.7. The van der Waals surface area contributed by atoms with Crippen molar-refractivity contribution in [3.8, 4) is 11.5 Å². The van der Waals surface area contributed by atoms with Gasteiger partial charge in [0.15, 0.2) is 0 Å². The fourth-order valence-corrected chi connectivity index (χ4v) is 6.37. The molecule has 3 rings (SSSR count). The van der Waals surface area contributed by atoms with Crippen LogP contribution in [-0.4, -0.2) is 71.2 Å². The Hall–Kier alpha value is -3.07. The van der Waals surface area contributed by atoms with E-state index in [9.17, 15) is 26.5 Å². The van der Waals surface area contributed by atoms with E-state index >= 15 is 0 Å². The molecule has 0 spiro atoms. The van der Waals surface area contributed by atoms with Gasteiger partial charge in [0.25, 0.3) is 5.91 Å². The van der Waals surface area contributed by atoms with Crippen molar-refractivity contribution in [3.63, 3.8) is 0 Å². The first-order valence-electron chi connectivity index (χ1n) is 9.57. The van der Waals surface area contributed by atoms with Gasteiger partial charge < -0.3 is 9.47 Å². The van der Waals surface area contributed by atoms with E-state index in [0.29, 0.717) is 11.5 Å². The summed E-state index contributed by atoms with van der Waals surface area (Å²) in [6.45, 7) is -1.03. The summed E-state index contributed by atoms with van der Waals surface area (Å²) in [6.07, 6.45) is 0. The molecule has 0 bridgehead atoms. The average Bonchev–Trinajstić information content (AvgIpc) is 2.83. The number of nitrogens with one attached hydrogen (secondary N) is 1. The zero-order valence-electron chi connectivity index (χ0n) is 17.7. The van der Waals surface area contributed by atoms with E-state index in [2.05, 4.69) is 5.29 Å². The number of sulfonamides is 2. The summed E-state index contributed by atoms with van der Waals surface area (Å²) in [7, 11) is -5.40. The summed E-state index contributed by atoms with van der Waals surface area (Å²) in [5.74, 6) is -0.154.